The van der Waals surface area contributed by atoms with Gasteiger partial charge in [0.1, 0.15) is 17.6 Å². The molecule has 3 aliphatic rings. The second-order valence-electron chi connectivity index (χ2n) is 12.4. The van der Waals surface area contributed by atoms with Crippen molar-refractivity contribution in [1.82, 2.24) is 9.80 Å². The molecule has 3 heterocycles. The first-order valence-electron chi connectivity index (χ1n) is 15.7. The number of nitrogens with zero attached hydrogens (tertiary/aromatic N) is 2. The van der Waals surface area contributed by atoms with Crippen LogP contribution in [0, 0.1) is 11.8 Å². The third-order valence-corrected chi connectivity index (χ3v) is 9.54. The third kappa shape index (κ3) is 5.85. The van der Waals surface area contributed by atoms with Crippen LogP contribution in [0.15, 0.2) is 86.0 Å². The summed E-state index contributed by atoms with van der Waals surface area (Å²) in [5, 5.41) is 10.7. The van der Waals surface area contributed by atoms with Crippen LogP contribution in [0.3, 0.4) is 0 Å². The van der Waals surface area contributed by atoms with E-state index in [0.29, 0.717) is 32.2 Å². The van der Waals surface area contributed by atoms with Gasteiger partial charge in [-0.1, -0.05) is 72.8 Å². The normalized spacial score (nSPS) is 27.5. The molecule has 2 amide bonds. The number of fused-ring (bicyclic) bond motifs is 1. The molecule has 0 saturated carbocycles. The summed E-state index contributed by atoms with van der Waals surface area (Å²) in [4.78, 5) is 46.3. The van der Waals surface area contributed by atoms with Gasteiger partial charge in [0.15, 0.2) is 0 Å². The molecule has 5 rings (SSSR count). The fourth-order valence-corrected chi connectivity index (χ4v) is 7.55. The zero-order valence-electron chi connectivity index (χ0n) is 25.6. The van der Waals surface area contributed by atoms with Crippen molar-refractivity contribution in [3.05, 3.63) is 97.1 Å². The zero-order valence-corrected chi connectivity index (χ0v) is 25.6. The number of allylic oxidation sites excluding steroid dienone is 1. The predicted octanol–water partition coefficient (Wildman–Crippen LogP) is 4.47. The van der Waals surface area contributed by atoms with Crippen LogP contribution < -0.4 is 0 Å². The molecular formula is C36H44N2O6. The molecule has 8 nitrogen and oxygen atoms in total. The van der Waals surface area contributed by atoms with E-state index in [1.807, 2.05) is 73.7 Å². The second kappa shape index (κ2) is 13.5. The van der Waals surface area contributed by atoms with E-state index < -0.39 is 41.1 Å². The van der Waals surface area contributed by atoms with Crippen molar-refractivity contribution in [3.8, 4) is 0 Å². The zero-order chi connectivity index (χ0) is 31.3. The molecule has 3 saturated heterocycles. The molecular weight excluding hydrogens is 556 g/mol. The maximum atomic E-state index is 14.7. The van der Waals surface area contributed by atoms with E-state index >= 15 is 0 Å². The first-order valence-corrected chi connectivity index (χ1v) is 15.7. The largest absolute Gasteiger partial charge is 0.465 e. The summed E-state index contributed by atoms with van der Waals surface area (Å²) >= 11 is 0. The summed E-state index contributed by atoms with van der Waals surface area (Å²) in [5.41, 5.74) is -0.271. The van der Waals surface area contributed by atoms with Gasteiger partial charge in [-0.2, -0.15) is 0 Å². The van der Waals surface area contributed by atoms with Crippen molar-refractivity contribution in [3.63, 3.8) is 0 Å². The average molecular weight is 601 g/mol. The Bertz CT molecular complexity index is 1350. The number of hydrogen-bond donors (Lipinski definition) is 1. The van der Waals surface area contributed by atoms with E-state index in [9.17, 15) is 19.5 Å². The molecule has 3 fully saturated rings. The smallest absolute Gasteiger partial charge is 0.312 e. The molecule has 3 aliphatic heterocycles. The quantitative estimate of drug-likeness (QED) is 0.184. The number of unbranched alkanes of at least 4 members (excludes halogenated alkanes) is 2. The molecule has 0 aromatic heterocycles. The molecule has 1 N–H and O–H groups in total. The third-order valence-electron chi connectivity index (χ3n) is 9.54. The minimum absolute atomic E-state index is 0.247. The lowest BCUT2D eigenvalue weighted by atomic mass is 9.66. The van der Waals surface area contributed by atoms with E-state index in [4.69, 9.17) is 9.47 Å². The topological polar surface area (TPSA) is 96.4 Å². The standard InChI is InChI=1S/C36H44N2O6/c1-4-6-7-14-22-43-34(42)30-29-32(40)38(28(25-39)23-26-15-10-8-11-16-26)31(36(29)20-19-35(30,3)44-36)33(41)37(21-5-2)24-27-17-12-9-13-18-27/h4-5,8-13,15-18,28-31,39H,1-2,6-7,14,19-25H2,3H3/t28-,29+,30+,31?,35-,36?/m1/s1. The summed E-state index contributed by atoms with van der Waals surface area (Å²) in [6, 6.07) is 17.6. The molecule has 8 heteroatoms. The van der Waals surface area contributed by atoms with Crippen LogP contribution in [0.25, 0.3) is 0 Å². The highest BCUT2D eigenvalue weighted by molar-refractivity contribution is 5.98. The second-order valence-corrected chi connectivity index (χ2v) is 12.4. The molecule has 2 aromatic carbocycles. The minimum atomic E-state index is -1.21. The van der Waals surface area contributed by atoms with Crippen molar-refractivity contribution in [2.75, 3.05) is 19.8 Å². The van der Waals surface area contributed by atoms with Gasteiger partial charge in [0.25, 0.3) is 0 Å². The number of aliphatic hydroxyl groups is 1. The monoisotopic (exact) mass is 600 g/mol. The summed E-state index contributed by atoms with van der Waals surface area (Å²) in [6.45, 7) is 9.98. The minimum Gasteiger partial charge on any atom is -0.465 e. The molecule has 2 aromatic rings. The predicted molar refractivity (Wildman–Crippen MR) is 167 cm³/mol. The fourth-order valence-electron chi connectivity index (χ4n) is 7.55. The van der Waals surface area contributed by atoms with E-state index in [1.54, 1.807) is 11.0 Å². The van der Waals surface area contributed by atoms with E-state index in [1.165, 1.54) is 4.90 Å². The Labute approximate surface area is 260 Å². The highest BCUT2D eigenvalue weighted by atomic mass is 16.6. The molecule has 234 valence electrons. The first-order chi connectivity index (χ1) is 21.3. The number of ether oxygens (including phenoxy) is 2. The van der Waals surface area contributed by atoms with Crippen molar-refractivity contribution in [2.24, 2.45) is 11.8 Å². The van der Waals surface area contributed by atoms with Gasteiger partial charge in [-0.05, 0) is 56.6 Å². The summed E-state index contributed by atoms with van der Waals surface area (Å²) in [5.74, 6) is -2.81. The van der Waals surface area contributed by atoms with Crippen molar-refractivity contribution in [1.29, 1.82) is 0 Å². The van der Waals surface area contributed by atoms with Crippen LogP contribution in [-0.4, -0.2) is 75.7 Å². The highest BCUT2D eigenvalue weighted by Gasteiger charge is 2.79. The lowest BCUT2D eigenvalue weighted by molar-refractivity contribution is -0.162. The van der Waals surface area contributed by atoms with E-state index in [2.05, 4.69) is 13.2 Å². The molecule has 44 heavy (non-hydrogen) atoms. The van der Waals surface area contributed by atoms with Crippen LogP contribution >= 0.6 is 0 Å². The number of likely N-dealkylation sites (tertiary alicyclic amines) is 1. The van der Waals surface area contributed by atoms with Gasteiger partial charge in [-0.25, -0.2) is 0 Å². The number of benzene rings is 2. The molecule has 0 radical (unpaired) electrons. The first kappa shape index (κ1) is 31.7. The van der Waals surface area contributed by atoms with Crippen LogP contribution in [-0.2, 0) is 36.8 Å². The van der Waals surface area contributed by atoms with Gasteiger partial charge in [-0.15, -0.1) is 13.2 Å². The summed E-state index contributed by atoms with van der Waals surface area (Å²) < 4.78 is 12.5. The maximum absolute atomic E-state index is 14.7. The SMILES string of the molecule is C=CCCCCOC(=O)[C@@H]1[C@H]2C(=O)N([C@@H](CO)Cc3ccccc3)C(C(=O)N(CC=C)Cc3ccccc3)C23CC[C@@]1(C)O3. The molecule has 2 bridgehead atoms. The Morgan fingerprint density at radius 2 is 1.75 bits per heavy atom. The van der Waals surface area contributed by atoms with Gasteiger partial charge in [0.05, 0.1) is 30.8 Å². The number of esters is 1. The highest BCUT2D eigenvalue weighted by Crippen LogP contribution is 2.63. The van der Waals surface area contributed by atoms with Crippen molar-refractivity contribution < 1.29 is 29.0 Å². The number of aliphatic hydroxyl groups excluding tert-OH is 1. The molecule has 2 unspecified atom stereocenters. The van der Waals surface area contributed by atoms with E-state index in [0.717, 1.165) is 24.0 Å². The number of rotatable bonds is 15. The lowest BCUT2D eigenvalue weighted by Crippen LogP contribution is -2.59. The van der Waals surface area contributed by atoms with Gasteiger partial charge >= 0.3 is 5.97 Å². The Hall–Kier alpha value is -3.75. The van der Waals surface area contributed by atoms with Crippen molar-refractivity contribution in [2.45, 2.75) is 75.3 Å². The van der Waals surface area contributed by atoms with Crippen molar-refractivity contribution >= 4 is 17.8 Å². The molecule has 1 spiro atoms. The van der Waals surface area contributed by atoms with E-state index in [-0.39, 0.29) is 31.6 Å². The lowest BCUT2D eigenvalue weighted by Gasteiger charge is -2.39. The summed E-state index contributed by atoms with van der Waals surface area (Å²) in [7, 11) is 0. The van der Waals surface area contributed by atoms with Crippen LogP contribution in [0.4, 0.5) is 0 Å². The Balaban J connectivity index is 1.52. The van der Waals surface area contributed by atoms with Crippen LogP contribution in [0.5, 0.6) is 0 Å². The van der Waals surface area contributed by atoms with Crippen LogP contribution in [0.1, 0.15) is 50.2 Å². The van der Waals surface area contributed by atoms with Gasteiger partial charge < -0.3 is 24.4 Å². The number of amides is 2. The average Bonchev–Trinajstić information content (AvgIpc) is 3.60. The van der Waals surface area contributed by atoms with Gasteiger partial charge in [0, 0.05) is 13.1 Å². The Morgan fingerprint density at radius 1 is 1.07 bits per heavy atom. The maximum Gasteiger partial charge on any atom is 0.312 e. The number of carbonyl (C=O) groups excluding carboxylic acids is 3. The Morgan fingerprint density at radius 3 is 2.39 bits per heavy atom. The number of hydrogen-bond acceptors (Lipinski definition) is 6. The molecule has 0 aliphatic carbocycles. The van der Waals surface area contributed by atoms with Gasteiger partial charge in [-0.3, -0.25) is 14.4 Å². The molecule has 6 atom stereocenters. The van der Waals surface area contributed by atoms with Crippen LogP contribution in [0.2, 0.25) is 0 Å². The van der Waals surface area contributed by atoms with Gasteiger partial charge in [0.2, 0.25) is 11.8 Å². The fraction of sp³-hybridized carbons (Fsp3) is 0.472. The number of carbonyl (C=O) groups is 3. The summed E-state index contributed by atoms with van der Waals surface area (Å²) in [6.07, 6.45) is 7.21. The Kier molecular flexibility index (Phi) is 9.71.